The van der Waals surface area contributed by atoms with Crippen molar-refractivity contribution in [2.75, 3.05) is 17.3 Å². The molecule has 3 atom stereocenters. The average molecular weight is 642 g/mol. The Morgan fingerprint density at radius 3 is 2.24 bits per heavy atom. The fraction of sp³-hybridized carbons (Fsp3) is 0.196. The number of hydrogen-bond acceptors (Lipinski definition) is 3. The molecule has 0 fully saturated rings. The second kappa shape index (κ2) is 14.0. The van der Waals surface area contributed by atoms with Crippen LogP contribution < -0.4 is 10.2 Å². The summed E-state index contributed by atoms with van der Waals surface area (Å²) in [7, 11) is 2.20. The van der Waals surface area contributed by atoms with E-state index in [2.05, 4.69) is 179 Å². The first-order valence-corrected chi connectivity index (χ1v) is 17.1. The van der Waals surface area contributed by atoms with Gasteiger partial charge in [-0.3, -0.25) is 4.99 Å². The molecule has 0 aromatic heterocycles. The van der Waals surface area contributed by atoms with Gasteiger partial charge in [-0.1, -0.05) is 143 Å². The number of likely N-dealkylation sites (N-methyl/N-ethyl adjacent to an activating group) is 1. The highest BCUT2D eigenvalue weighted by molar-refractivity contribution is 6.10. The summed E-state index contributed by atoms with van der Waals surface area (Å²) >= 11 is 0. The molecule has 1 N–H and O–H groups in total. The summed E-state index contributed by atoms with van der Waals surface area (Å²) in [6.45, 7) is 21.9. The number of hydrogen-bond donors (Lipinski definition) is 1. The quantitative estimate of drug-likeness (QED) is 0.121. The Hall–Kier alpha value is -5.41. The molecular formula is C46H47N3. The van der Waals surface area contributed by atoms with Crippen LogP contribution in [0.3, 0.4) is 0 Å². The van der Waals surface area contributed by atoms with Crippen molar-refractivity contribution in [3.63, 3.8) is 0 Å². The second-order valence-corrected chi connectivity index (χ2v) is 13.9. The van der Waals surface area contributed by atoms with Gasteiger partial charge in [-0.15, -0.1) is 6.58 Å². The molecule has 0 bridgehead atoms. The minimum Gasteiger partial charge on any atom is -0.365 e. The largest absolute Gasteiger partial charge is 0.365 e. The number of nitrogens with zero attached hydrogens (tertiary/aromatic N) is 2. The molecule has 3 nitrogen and oxygen atoms in total. The molecule has 49 heavy (non-hydrogen) atoms. The SMILES string of the molecule is C=CC1=NC(C=C)C(C(C(=C)/C=C\C)N(C)c2c(Nc3ccc(C(C)(C)C)cc3-c3ccccc3)ccc3ccccc23)c2ccccc21. The fourth-order valence-corrected chi connectivity index (χ4v) is 7.26. The molecular weight excluding hydrogens is 595 g/mol. The average Bonchev–Trinajstić information content (AvgIpc) is 3.11. The molecule has 0 saturated heterocycles. The predicted octanol–water partition coefficient (Wildman–Crippen LogP) is 11.8. The van der Waals surface area contributed by atoms with Gasteiger partial charge < -0.3 is 10.2 Å². The van der Waals surface area contributed by atoms with E-state index in [-0.39, 0.29) is 23.4 Å². The van der Waals surface area contributed by atoms with Crippen LogP contribution in [0.5, 0.6) is 0 Å². The van der Waals surface area contributed by atoms with Crippen LogP contribution in [-0.2, 0) is 5.41 Å². The Labute approximate surface area is 292 Å². The summed E-state index contributed by atoms with van der Waals surface area (Å²) in [5.41, 5.74) is 11.1. The minimum absolute atomic E-state index is 0.0166. The van der Waals surface area contributed by atoms with E-state index >= 15 is 0 Å². The maximum atomic E-state index is 5.18. The van der Waals surface area contributed by atoms with E-state index in [1.807, 2.05) is 19.1 Å². The summed E-state index contributed by atoms with van der Waals surface area (Å²) in [6.07, 6.45) is 8.03. The van der Waals surface area contributed by atoms with E-state index in [0.29, 0.717) is 0 Å². The van der Waals surface area contributed by atoms with E-state index in [1.165, 1.54) is 27.6 Å². The van der Waals surface area contributed by atoms with E-state index in [4.69, 9.17) is 4.99 Å². The molecule has 0 aliphatic carbocycles. The van der Waals surface area contributed by atoms with Crippen molar-refractivity contribution < 1.29 is 0 Å². The van der Waals surface area contributed by atoms with Crippen LogP contribution in [-0.4, -0.2) is 24.8 Å². The van der Waals surface area contributed by atoms with Gasteiger partial charge in [0.25, 0.3) is 0 Å². The number of aliphatic imine (C=N–C) groups is 1. The molecule has 5 aromatic rings. The minimum atomic E-state index is -0.168. The van der Waals surface area contributed by atoms with Crippen molar-refractivity contribution in [3.05, 3.63) is 175 Å². The Kier molecular flexibility index (Phi) is 9.56. The zero-order chi connectivity index (χ0) is 34.7. The molecule has 0 saturated carbocycles. The van der Waals surface area contributed by atoms with Crippen LogP contribution in [0.15, 0.2) is 164 Å². The lowest BCUT2D eigenvalue weighted by molar-refractivity contribution is 0.519. The van der Waals surface area contributed by atoms with Crippen molar-refractivity contribution in [1.82, 2.24) is 0 Å². The standard InChI is InChI=1S/C46H47N3/c1-9-19-31(4)44(43-37-25-18-17-24-36(37)39(10-2)47-40(43)11-3)49(8)45-35-23-16-15-22-33(35)26-28-42(45)48-41-29-27-34(46(5,6)7)30-38(41)32-20-13-12-14-21-32/h9-30,40,43-44,48H,2-4H2,1,5-8H3/b19-9-. The highest BCUT2D eigenvalue weighted by Crippen LogP contribution is 2.45. The van der Waals surface area contributed by atoms with Gasteiger partial charge in [0.1, 0.15) is 0 Å². The third-order valence-corrected chi connectivity index (χ3v) is 9.70. The van der Waals surface area contributed by atoms with Gasteiger partial charge >= 0.3 is 0 Å². The van der Waals surface area contributed by atoms with Crippen molar-refractivity contribution in [2.24, 2.45) is 4.99 Å². The molecule has 6 rings (SSSR count). The van der Waals surface area contributed by atoms with E-state index in [0.717, 1.165) is 39.3 Å². The summed E-state index contributed by atoms with van der Waals surface area (Å²) in [5, 5.41) is 6.27. The smallest absolute Gasteiger partial charge is 0.0776 e. The summed E-state index contributed by atoms with van der Waals surface area (Å²) < 4.78 is 0. The van der Waals surface area contributed by atoms with E-state index in [1.54, 1.807) is 0 Å². The lowest BCUT2D eigenvalue weighted by atomic mass is 9.76. The Balaban J connectivity index is 1.56. The Morgan fingerprint density at radius 2 is 1.53 bits per heavy atom. The van der Waals surface area contributed by atoms with E-state index < -0.39 is 0 Å². The maximum absolute atomic E-state index is 5.18. The highest BCUT2D eigenvalue weighted by Gasteiger charge is 2.38. The maximum Gasteiger partial charge on any atom is 0.0776 e. The first-order chi connectivity index (χ1) is 23.7. The zero-order valence-electron chi connectivity index (χ0n) is 29.4. The second-order valence-electron chi connectivity index (χ2n) is 13.9. The number of anilines is 3. The summed E-state index contributed by atoms with van der Waals surface area (Å²) in [5.74, 6) is -0.0381. The van der Waals surface area contributed by atoms with Crippen LogP contribution in [0.4, 0.5) is 17.1 Å². The Morgan fingerprint density at radius 1 is 0.837 bits per heavy atom. The number of allylic oxidation sites excluding steroid dienone is 2. The molecule has 1 heterocycles. The molecule has 3 heteroatoms. The topological polar surface area (TPSA) is 27.6 Å². The normalized spacial score (nSPS) is 16.5. The van der Waals surface area contributed by atoms with Crippen molar-refractivity contribution >= 4 is 33.5 Å². The fourth-order valence-electron chi connectivity index (χ4n) is 7.26. The first kappa shape index (κ1) is 33.5. The van der Waals surface area contributed by atoms with Crippen LogP contribution in [0.25, 0.3) is 21.9 Å². The van der Waals surface area contributed by atoms with Gasteiger partial charge in [0, 0.05) is 35.2 Å². The van der Waals surface area contributed by atoms with Crippen LogP contribution in [0.2, 0.25) is 0 Å². The monoisotopic (exact) mass is 641 g/mol. The number of nitrogens with one attached hydrogen (secondary N) is 1. The highest BCUT2D eigenvalue weighted by atomic mass is 15.2. The van der Waals surface area contributed by atoms with Crippen LogP contribution in [0.1, 0.15) is 50.3 Å². The van der Waals surface area contributed by atoms with Gasteiger partial charge in [0.2, 0.25) is 0 Å². The van der Waals surface area contributed by atoms with Crippen molar-refractivity contribution in [2.45, 2.75) is 51.1 Å². The molecule has 1 aliphatic heterocycles. The lowest BCUT2D eigenvalue weighted by Gasteiger charge is -2.42. The number of benzene rings is 5. The molecule has 1 aliphatic rings. The van der Waals surface area contributed by atoms with E-state index in [9.17, 15) is 0 Å². The van der Waals surface area contributed by atoms with Gasteiger partial charge in [-0.25, -0.2) is 0 Å². The predicted molar refractivity (Wildman–Crippen MR) is 214 cm³/mol. The van der Waals surface area contributed by atoms with Gasteiger partial charge in [-0.2, -0.15) is 0 Å². The van der Waals surface area contributed by atoms with Gasteiger partial charge in [0.15, 0.2) is 0 Å². The molecule has 246 valence electrons. The number of fused-ring (bicyclic) bond motifs is 2. The molecule has 5 aromatic carbocycles. The summed E-state index contributed by atoms with van der Waals surface area (Å²) in [6, 6.07) is 38.8. The van der Waals surface area contributed by atoms with Gasteiger partial charge in [0.05, 0.1) is 29.2 Å². The zero-order valence-corrected chi connectivity index (χ0v) is 29.4. The third-order valence-electron chi connectivity index (χ3n) is 9.70. The number of rotatable bonds is 10. The molecule has 0 radical (unpaired) electrons. The van der Waals surface area contributed by atoms with Crippen LogP contribution in [0, 0.1) is 0 Å². The van der Waals surface area contributed by atoms with Gasteiger partial charge in [-0.05, 0) is 64.3 Å². The van der Waals surface area contributed by atoms with Crippen molar-refractivity contribution in [1.29, 1.82) is 0 Å². The lowest BCUT2D eigenvalue weighted by Crippen LogP contribution is -2.44. The first-order valence-electron chi connectivity index (χ1n) is 17.1. The molecule has 0 spiro atoms. The van der Waals surface area contributed by atoms with Crippen LogP contribution >= 0.6 is 0 Å². The molecule has 3 unspecified atom stereocenters. The third kappa shape index (κ3) is 6.54. The Bertz CT molecular complexity index is 2080. The molecule has 0 amide bonds. The summed E-state index contributed by atoms with van der Waals surface area (Å²) in [4.78, 5) is 7.59. The van der Waals surface area contributed by atoms with Crippen molar-refractivity contribution in [3.8, 4) is 11.1 Å².